The second-order valence-electron chi connectivity index (χ2n) is 5.96. The highest BCUT2D eigenvalue weighted by molar-refractivity contribution is 5.91. The summed E-state index contributed by atoms with van der Waals surface area (Å²) < 4.78 is 7.40. The van der Waals surface area contributed by atoms with Gasteiger partial charge in [-0.1, -0.05) is 36.1 Å². The molecule has 0 saturated carbocycles. The lowest BCUT2D eigenvalue weighted by atomic mass is 10.1. The van der Waals surface area contributed by atoms with Crippen LogP contribution >= 0.6 is 0 Å². The van der Waals surface area contributed by atoms with Gasteiger partial charge in [-0.15, -0.1) is 5.10 Å². The van der Waals surface area contributed by atoms with Crippen molar-refractivity contribution >= 4 is 5.91 Å². The van der Waals surface area contributed by atoms with Gasteiger partial charge in [0.15, 0.2) is 5.69 Å². The molecule has 0 aliphatic carbocycles. The maximum atomic E-state index is 12.3. The van der Waals surface area contributed by atoms with E-state index in [-0.39, 0.29) is 5.91 Å². The SMILES string of the molecule is C=CCOc1ccccc1CNC(=O)c1cn(C2CCNCC2)nn1. The summed E-state index contributed by atoms with van der Waals surface area (Å²) in [6, 6.07) is 7.91. The molecular formula is C18H23N5O2. The summed E-state index contributed by atoms with van der Waals surface area (Å²) in [6.45, 7) is 6.37. The number of para-hydroxylation sites is 1. The van der Waals surface area contributed by atoms with Crippen LogP contribution in [0.15, 0.2) is 43.1 Å². The number of ether oxygens (including phenoxy) is 1. The molecule has 1 fully saturated rings. The minimum Gasteiger partial charge on any atom is -0.489 e. The third-order valence-electron chi connectivity index (χ3n) is 4.19. The maximum absolute atomic E-state index is 12.3. The first-order valence-electron chi connectivity index (χ1n) is 8.50. The van der Waals surface area contributed by atoms with Crippen LogP contribution in [0.3, 0.4) is 0 Å². The largest absolute Gasteiger partial charge is 0.489 e. The highest BCUT2D eigenvalue weighted by Crippen LogP contribution is 2.19. The minimum atomic E-state index is -0.237. The van der Waals surface area contributed by atoms with Gasteiger partial charge in [-0.3, -0.25) is 4.79 Å². The van der Waals surface area contributed by atoms with Crippen LogP contribution in [0.1, 0.15) is 34.9 Å². The van der Waals surface area contributed by atoms with Crippen LogP contribution in [-0.2, 0) is 6.54 Å². The smallest absolute Gasteiger partial charge is 0.273 e. The number of benzene rings is 1. The molecule has 1 aliphatic rings. The number of piperidine rings is 1. The Labute approximate surface area is 147 Å². The highest BCUT2D eigenvalue weighted by atomic mass is 16.5. The van der Waals surface area contributed by atoms with Gasteiger partial charge in [-0.05, 0) is 32.0 Å². The molecule has 1 amide bonds. The lowest BCUT2D eigenvalue weighted by Gasteiger charge is -2.22. The zero-order valence-corrected chi connectivity index (χ0v) is 14.1. The number of carbonyl (C=O) groups is 1. The summed E-state index contributed by atoms with van der Waals surface area (Å²) in [5.41, 5.74) is 1.24. The molecule has 0 bridgehead atoms. The lowest BCUT2D eigenvalue weighted by Crippen LogP contribution is -2.29. The second kappa shape index (κ2) is 8.43. The van der Waals surface area contributed by atoms with Crippen LogP contribution in [0, 0.1) is 0 Å². The van der Waals surface area contributed by atoms with E-state index in [1.165, 1.54) is 0 Å². The molecule has 132 valence electrons. The van der Waals surface area contributed by atoms with E-state index in [2.05, 4.69) is 27.5 Å². The standard InChI is InChI=1S/C18H23N5O2/c1-2-11-25-17-6-4-3-5-14(17)12-20-18(24)16-13-23(22-21-16)15-7-9-19-10-8-15/h2-6,13,15,19H,1,7-12H2,(H,20,24). The molecule has 7 nitrogen and oxygen atoms in total. The molecular weight excluding hydrogens is 318 g/mol. The fraction of sp³-hybridized carbons (Fsp3) is 0.389. The third kappa shape index (κ3) is 4.45. The predicted octanol–water partition coefficient (Wildman–Crippen LogP) is 1.70. The zero-order chi connectivity index (χ0) is 17.5. The molecule has 1 aliphatic heterocycles. The van der Waals surface area contributed by atoms with Gasteiger partial charge < -0.3 is 15.4 Å². The maximum Gasteiger partial charge on any atom is 0.273 e. The summed E-state index contributed by atoms with van der Waals surface area (Å²) in [4.78, 5) is 12.3. The highest BCUT2D eigenvalue weighted by Gasteiger charge is 2.18. The summed E-state index contributed by atoms with van der Waals surface area (Å²) in [5.74, 6) is 0.500. The summed E-state index contributed by atoms with van der Waals surface area (Å²) >= 11 is 0. The quantitative estimate of drug-likeness (QED) is 0.749. The Balaban J connectivity index is 1.59. The molecule has 7 heteroatoms. The molecule has 1 aromatic carbocycles. The van der Waals surface area contributed by atoms with Gasteiger partial charge in [-0.2, -0.15) is 0 Å². The van der Waals surface area contributed by atoms with Crippen LogP contribution in [0.5, 0.6) is 5.75 Å². The number of hydrogen-bond acceptors (Lipinski definition) is 5. The van der Waals surface area contributed by atoms with Gasteiger partial charge in [0.1, 0.15) is 12.4 Å². The first-order valence-corrected chi connectivity index (χ1v) is 8.50. The normalized spacial score (nSPS) is 14.9. The van der Waals surface area contributed by atoms with E-state index >= 15 is 0 Å². The molecule has 0 atom stereocenters. The molecule has 3 rings (SSSR count). The van der Waals surface area contributed by atoms with Gasteiger partial charge in [0, 0.05) is 12.1 Å². The minimum absolute atomic E-state index is 0.237. The molecule has 2 N–H and O–H groups in total. The van der Waals surface area contributed by atoms with Crippen molar-refractivity contribution in [2.24, 2.45) is 0 Å². The summed E-state index contributed by atoms with van der Waals surface area (Å²) in [7, 11) is 0. The number of aromatic nitrogens is 3. The molecule has 1 saturated heterocycles. The van der Waals surface area contributed by atoms with Crippen molar-refractivity contribution < 1.29 is 9.53 Å². The van der Waals surface area contributed by atoms with E-state index in [1.54, 1.807) is 17.0 Å². The van der Waals surface area contributed by atoms with E-state index in [1.807, 2.05) is 24.3 Å². The van der Waals surface area contributed by atoms with Crippen molar-refractivity contribution in [2.75, 3.05) is 19.7 Å². The van der Waals surface area contributed by atoms with Gasteiger partial charge in [0.25, 0.3) is 5.91 Å². The monoisotopic (exact) mass is 341 g/mol. The molecule has 2 aromatic rings. The number of rotatable bonds is 7. The van der Waals surface area contributed by atoms with Crippen LogP contribution in [-0.4, -0.2) is 40.6 Å². The van der Waals surface area contributed by atoms with Crippen molar-refractivity contribution in [1.29, 1.82) is 0 Å². The van der Waals surface area contributed by atoms with Gasteiger partial charge in [0.2, 0.25) is 0 Å². The zero-order valence-electron chi connectivity index (χ0n) is 14.1. The van der Waals surface area contributed by atoms with Gasteiger partial charge in [-0.25, -0.2) is 4.68 Å². The first-order chi connectivity index (χ1) is 12.3. The average Bonchev–Trinajstić information content (AvgIpc) is 3.16. The van der Waals surface area contributed by atoms with Crippen LogP contribution < -0.4 is 15.4 Å². The van der Waals surface area contributed by atoms with E-state index in [4.69, 9.17) is 4.74 Å². The predicted molar refractivity (Wildman–Crippen MR) is 94.5 cm³/mol. The van der Waals surface area contributed by atoms with Crippen molar-refractivity contribution in [2.45, 2.75) is 25.4 Å². The molecule has 1 aromatic heterocycles. The van der Waals surface area contributed by atoms with Gasteiger partial charge >= 0.3 is 0 Å². The number of nitrogens with zero attached hydrogens (tertiary/aromatic N) is 3. The van der Waals surface area contributed by atoms with Gasteiger partial charge in [0.05, 0.1) is 12.2 Å². The second-order valence-corrected chi connectivity index (χ2v) is 5.96. The van der Waals surface area contributed by atoms with Crippen LogP contribution in [0.25, 0.3) is 0 Å². The van der Waals surface area contributed by atoms with E-state index < -0.39 is 0 Å². The average molecular weight is 341 g/mol. The first kappa shape index (κ1) is 17.2. The van der Waals surface area contributed by atoms with Crippen molar-refractivity contribution in [3.63, 3.8) is 0 Å². The lowest BCUT2D eigenvalue weighted by molar-refractivity contribution is 0.0945. The molecule has 0 spiro atoms. The fourth-order valence-electron chi connectivity index (χ4n) is 2.84. The van der Waals surface area contributed by atoms with Crippen molar-refractivity contribution in [3.8, 4) is 5.75 Å². The Kier molecular flexibility index (Phi) is 5.79. The molecule has 25 heavy (non-hydrogen) atoms. The van der Waals surface area contributed by atoms with E-state index in [9.17, 15) is 4.79 Å². The fourth-order valence-corrected chi connectivity index (χ4v) is 2.84. The van der Waals surface area contributed by atoms with E-state index in [0.717, 1.165) is 37.2 Å². The number of carbonyl (C=O) groups excluding carboxylic acids is 1. The van der Waals surface area contributed by atoms with E-state index in [0.29, 0.717) is 24.9 Å². The third-order valence-corrected chi connectivity index (χ3v) is 4.19. The number of hydrogen-bond donors (Lipinski definition) is 2. The topological polar surface area (TPSA) is 81.1 Å². The van der Waals surface area contributed by atoms with Crippen molar-refractivity contribution in [1.82, 2.24) is 25.6 Å². The molecule has 0 unspecified atom stereocenters. The Morgan fingerprint density at radius 2 is 2.20 bits per heavy atom. The Morgan fingerprint density at radius 3 is 3.00 bits per heavy atom. The molecule has 2 heterocycles. The van der Waals surface area contributed by atoms with Crippen LogP contribution in [0.2, 0.25) is 0 Å². The number of nitrogens with one attached hydrogen (secondary N) is 2. The Bertz CT molecular complexity index is 722. The van der Waals surface area contributed by atoms with Crippen LogP contribution in [0.4, 0.5) is 0 Å². The Morgan fingerprint density at radius 1 is 1.40 bits per heavy atom. The Hall–Kier alpha value is -2.67. The summed E-state index contributed by atoms with van der Waals surface area (Å²) in [5, 5.41) is 14.3. The number of amides is 1. The van der Waals surface area contributed by atoms with Crippen molar-refractivity contribution in [3.05, 3.63) is 54.4 Å². The summed E-state index contributed by atoms with van der Waals surface area (Å²) in [6.07, 6.45) is 5.41. The molecule has 0 radical (unpaired) electrons.